The Kier molecular flexibility index (Phi) is 4.81. The Morgan fingerprint density at radius 2 is 2.31 bits per heavy atom. The van der Waals surface area contributed by atoms with Gasteiger partial charge in [0.2, 0.25) is 5.91 Å². The van der Waals surface area contributed by atoms with Gasteiger partial charge in [-0.05, 0) is 11.4 Å². The number of halogens is 1. The molecule has 1 amide bonds. The molecule has 0 saturated heterocycles. The Morgan fingerprint density at radius 1 is 1.62 bits per heavy atom. The molecule has 1 aromatic rings. The molecule has 1 N–H and O–H groups in total. The van der Waals surface area contributed by atoms with Crippen molar-refractivity contribution < 1.29 is 4.79 Å². The molecular weight excluding hydrogens is 242 g/mol. The molecule has 1 unspecified atom stereocenters. The average Bonchev–Trinajstić information content (AvgIpc) is 2.78. The second-order valence-electron chi connectivity index (χ2n) is 4.63. The molecule has 1 rings (SSSR count). The maximum absolute atomic E-state index is 11.6. The molecule has 1 aromatic heterocycles. The van der Waals surface area contributed by atoms with E-state index < -0.39 is 0 Å². The van der Waals surface area contributed by atoms with Gasteiger partial charge in [0.1, 0.15) is 0 Å². The highest BCUT2D eigenvalue weighted by molar-refractivity contribution is 7.10. The summed E-state index contributed by atoms with van der Waals surface area (Å²) in [6.07, 6.45) is 0. The number of amides is 1. The van der Waals surface area contributed by atoms with E-state index in [0.29, 0.717) is 12.4 Å². The smallest absolute Gasteiger partial charge is 0.224 e. The van der Waals surface area contributed by atoms with Crippen molar-refractivity contribution in [2.75, 3.05) is 12.4 Å². The van der Waals surface area contributed by atoms with Gasteiger partial charge < -0.3 is 5.32 Å². The molecular formula is C12H18ClNOS. The van der Waals surface area contributed by atoms with Crippen molar-refractivity contribution in [3.8, 4) is 0 Å². The molecule has 0 saturated carbocycles. The van der Waals surface area contributed by atoms with E-state index in [-0.39, 0.29) is 17.2 Å². The van der Waals surface area contributed by atoms with Gasteiger partial charge in [-0.3, -0.25) is 4.79 Å². The molecule has 0 spiro atoms. The van der Waals surface area contributed by atoms with E-state index in [4.69, 9.17) is 11.6 Å². The highest BCUT2D eigenvalue weighted by atomic mass is 35.5. The van der Waals surface area contributed by atoms with Crippen LogP contribution in [0.1, 0.15) is 25.6 Å². The van der Waals surface area contributed by atoms with Crippen LogP contribution in [0.2, 0.25) is 0 Å². The fourth-order valence-electron chi connectivity index (χ4n) is 1.30. The lowest BCUT2D eigenvalue weighted by atomic mass is 9.91. The number of carbonyl (C=O) groups excluding carboxylic acids is 1. The first-order valence-electron chi connectivity index (χ1n) is 5.35. The van der Waals surface area contributed by atoms with Gasteiger partial charge in [-0.15, -0.1) is 22.9 Å². The second-order valence-corrected chi connectivity index (χ2v) is 5.89. The standard InChI is InChI=1S/C12H18ClNOS/c1-9(7-13)11(15)14-8-12(2,3)10-5-4-6-16-10/h4-6,9H,7-8H2,1-3H3,(H,14,15). The lowest BCUT2D eigenvalue weighted by molar-refractivity contribution is -0.124. The fraction of sp³-hybridized carbons (Fsp3) is 0.583. The van der Waals surface area contributed by atoms with Gasteiger partial charge in [-0.25, -0.2) is 0 Å². The molecule has 0 aliphatic carbocycles. The zero-order chi connectivity index (χ0) is 12.2. The molecule has 4 heteroatoms. The quantitative estimate of drug-likeness (QED) is 0.810. The maximum Gasteiger partial charge on any atom is 0.224 e. The van der Waals surface area contributed by atoms with Crippen LogP contribution in [0.5, 0.6) is 0 Å². The number of hydrogen-bond donors (Lipinski definition) is 1. The van der Waals surface area contributed by atoms with E-state index in [9.17, 15) is 4.79 Å². The Hall–Kier alpha value is -0.540. The summed E-state index contributed by atoms with van der Waals surface area (Å²) in [6.45, 7) is 6.74. The molecule has 0 bridgehead atoms. The number of alkyl halides is 1. The van der Waals surface area contributed by atoms with Gasteiger partial charge in [0.15, 0.2) is 0 Å². The van der Waals surface area contributed by atoms with Crippen molar-refractivity contribution in [2.24, 2.45) is 5.92 Å². The van der Waals surface area contributed by atoms with Crippen molar-refractivity contribution in [3.05, 3.63) is 22.4 Å². The van der Waals surface area contributed by atoms with Crippen molar-refractivity contribution in [3.63, 3.8) is 0 Å². The summed E-state index contributed by atoms with van der Waals surface area (Å²) in [4.78, 5) is 12.9. The molecule has 1 heterocycles. The summed E-state index contributed by atoms with van der Waals surface area (Å²) < 4.78 is 0. The average molecular weight is 260 g/mol. The highest BCUT2D eigenvalue weighted by Crippen LogP contribution is 2.26. The van der Waals surface area contributed by atoms with Gasteiger partial charge in [0.05, 0.1) is 0 Å². The van der Waals surface area contributed by atoms with E-state index in [1.165, 1.54) is 4.88 Å². The van der Waals surface area contributed by atoms with Crippen LogP contribution in [0.4, 0.5) is 0 Å². The number of thiophene rings is 1. The predicted molar refractivity (Wildman–Crippen MR) is 70.2 cm³/mol. The number of rotatable bonds is 5. The van der Waals surface area contributed by atoms with Gasteiger partial charge in [-0.2, -0.15) is 0 Å². The number of hydrogen-bond acceptors (Lipinski definition) is 2. The van der Waals surface area contributed by atoms with Gasteiger partial charge in [0.25, 0.3) is 0 Å². The summed E-state index contributed by atoms with van der Waals surface area (Å²) in [6, 6.07) is 4.13. The van der Waals surface area contributed by atoms with Crippen LogP contribution in [-0.2, 0) is 10.2 Å². The Morgan fingerprint density at radius 3 is 2.81 bits per heavy atom. The second kappa shape index (κ2) is 5.69. The van der Waals surface area contributed by atoms with Crippen molar-refractivity contribution in [1.82, 2.24) is 5.32 Å². The van der Waals surface area contributed by atoms with Crippen molar-refractivity contribution >= 4 is 28.8 Å². The number of nitrogens with one attached hydrogen (secondary N) is 1. The molecule has 0 fully saturated rings. The predicted octanol–water partition coefficient (Wildman–Crippen LogP) is 3.02. The zero-order valence-electron chi connectivity index (χ0n) is 9.92. The van der Waals surface area contributed by atoms with Crippen molar-refractivity contribution in [2.45, 2.75) is 26.2 Å². The molecule has 0 aliphatic rings. The largest absolute Gasteiger partial charge is 0.355 e. The number of carbonyl (C=O) groups is 1. The fourth-order valence-corrected chi connectivity index (χ4v) is 2.30. The van der Waals surface area contributed by atoms with E-state index in [0.717, 1.165) is 0 Å². The minimum Gasteiger partial charge on any atom is -0.355 e. The monoisotopic (exact) mass is 259 g/mol. The normalized spacial score (nSPS) is 13.5. The molecule has 1 atom stereocenters. The van der Waals surface area contributed by atoms with Crippen LogP contribution >= 0.6 is 22.9 Å². The zero-order valence-corrected chi connectivity index (χ0v) is 11.5. The molecule has 0 radical (unpaired) electrons. The summed E-state index contributed by atoms with van der Waals surface area (Å²) in [5, 5.41) is 5.00. The molecule has 16 heavy (non-hydrogen) atoms. The minimum absolute atomic E-state index is 0.0180. The summed E-state index contributed by atoms with van der Waals surface area (Å²) in [5.41, 5.74) is -0.0180. The van der Waals surface area contributed by atoms with Crippen LogP contribution in [0.15, 0.2) is 17.5 Å². The third kappa shape index (κ3) is 3.49. The highest BCUT2D eigenvalue weighted by Gasteiger charge is 2.23. The van der Waals surface area contributed by atoms with Crippen LogP contribution in [0, 0.1) is 5.92 Å². The Balaban J connectivity index is 2.52. The van der Waals surface area contributed by atoms with E-state index in [2.05, 4.69) is 30.6 Å². The first kappa shape index (κ1) is 13.5. The third-order valence-electron chi connectivity index (χ3n) is 2.57. The topological polar surface area (TPSA) is 29.1 Å². The molecule has 0 aliphatic heterocycles. The van der Waals surface area contributed by atoms with Gasteiger partial charge >= 0.3 is 0 Å². The summed E-state index contributed by atoms with van der Waals surface area (Å²) in [7, 11) is 0. The SMILES string of the molecule is CC(CCl)C(=O)NCC(C)(C)c1cccs1. The third-order valence-corrected chi connectivity index (χ3v) is 4.27. The van der Waals surface area contributed by atoms with Gasteiger partial charge in [0, 0.05) is 28.6 Å². The first-order valence-corrected chi connectivity index (χ1v) is 6.76. The van der Waals surface area contributed by atoms with Crippen LogP contribution in [0.3, 0.4) is 0 Å². The van der Waals surface area contributed by atoms with E-state index in [1.807, 2.05) is 13.0 Å². The summed E-state index contributed by atoms with van der Waals surface area (Å²) in [5.74, 6) is 0.270. The van der Waals surface area contributed by atoms with E-state index in [1.54, 1.807) is 11.3 Å². The Bertz CT molecular complexity index is 335. The van der Waals surface area contributed by atoms with E-state index >= 15 is 0 Å². The van der Waals surface area contributed by atoms with Crippen LogP contribution < -0.4 is 5.32 Å². The summed E-state index contributed by atoms with van der Waals surface area (Å²) >= 11 is 7.36. The first-order chi connectivity index (χ1) is 7.47. The van der Waals surface area contributed by atoms with Crippen LogP contribution in [0.25, 0.3) is 0 Å². The molecule has 2 nitrogen and oxygen atoms in total. The van der Waals surface area contributed by atoms with Crippen molar-refractivity contribution in [1.29, 1.82) is 0 Å². The molecule has 0 aromatic carbocycles. The Labute approximate surface area is 106 Å². The van der Waals surface area contributed by atoms with Crippen LogP contribution in [-0.4, -0.2) is 18.3 Å². The maximum atomic E-state index is 11.6. The molecule has 90 valence electrons. The van der Waals surface area contributed by atoms with Gasteiger partial charge in [-0.1, -0.05) is 26.8 Å². The minimum atomic E-state index is -0.124. The lowest BCUT2D eigenvalue weighted by Gasteiger charge is -2.24. The lowest BCUT2D eigenvalue weighted by Crippen LogP contribution is -2.39.